The van der Waals surface area contributed by atoms with E-state index in [-0.39, 0.29) is 0 Å². The van der Waals surface area contributed by atoms with Crippen LogP contribution in [-0.2, 0) is 0 Å². The summed E-state index contributed by atoms with van der Waals surface area (Å²) in [5, 5.41) is 0. The fourth-order valence-corrected chi connectivity index (χ4v) is 0.965. The van der Waals surface area contributed by atoms with Crippen molar-refractivity contribution in [3.05, 3.63) is 17.7 Å². The molecular formula is C7H10N2S. The topological polar surface area (TPSA) is 52.0 Å². The summed E-state index contributed by atoms with van der Waals surface area (Å²) in [6.07, 6.45) is 0. The van der Waals surface area contributed by atoms with E-state index in [0.29, 0.717) is 16.3 Å². The third-order valence-electron chi connectivity index (χ3n) is 1.31. The number of hydrogen-bond donors (Lipinski definition) is 3. The van der Waals surface area contributed by atoms with E-state index in [2.05, 4.69) is 12.6 Å². The first-order valence-electron chi connectivity index (χ1n) is 2.96. The Morgan fingerprint density at radius 1 is 1.20 bits per heavy atom. The van der Waals surface area contributed by atoms with Crippen LogP contribution in [0.2, 0.25) is 0 Å². The minimum Gasteiger partial charge on any atom is -0.398 e. The summed E-state index contributed by atoms with van der Waals surface area (Å²) in [6.45, 7) is 1.94. The van der Waals surface area contributed by atoms with Crippen molar-refractivity contribution in [1.82, 2.24) is 0 Å². The van der Waals surface area contributed by atoms with Crippen LogP contribution in [-0.4, -0.2) is 0 Å². The number of hydrogen-bond acceptors (Lipinski definition) is 3. The molecule has 0 amide bonds. The second-order valence-corrected chi connectivity index (χ2v) is 2.74. The maximum atomic E-state index is 5.57. The van der Waals surface area contributed by atoms with Crippen molar-refractivity contribution in [1.29, 1.82) is 0 Å². The van der Waals surface area contributed by atoms with Gasteiger partial charge in [0.05, 0.1) is 4.90 Å². The van der Waals surface area contributed by atoms with Gasteiger partial charge in [-0.15, -0.1) is 12.6 Å². The van der Waals surface area contributed by atoms with E-state index in [4.69, 9.17) is 11.5 Å². The number of nitrogens with two attached hydrogens (primary N) is 2. The summed E-state index contributed by atoms with van der Waals surface area (Å²) < 4.78 is 0. The van der Waals surface area contributed by atoms with Crippen LogP contribution in [0.25, 0.3) is 0 Å². The van der Waals surface area contributed by atoms with Crippen molar-refractivity contribution in [2.24, 2.45) is 0 Å². The third-order valence-corrected chi connectivity index (χ3v) is 1.83. The lowest BCUT2D eigenvalue weighted by Gasteiger charge is -2.03. The Bertz CT molecular complexity index is 235. The van der Waals surface area contributed by atoms with Crippen LogP contribution < -0.4 is 11.5 Å². The number of aryl methyl sites for hydroxylation is 1. The number of benzene rings is 1. The average molecular weight is 154 g/mol. The monoisotopic (exact) mass is 154 g/mol. The highest BCUT2D eigenvalue weighted by Crippen LogP contribution is 2.24. The molecule has 0 spiro atoms. The molecule has 0 aliphatic rings. The molecule has 0 fully saturated rings. The number of thiol groups is 1. The van der Waals surface area contributed by atoms with E-state index in [1.165, 1.54) is 0 Å². The van der Waals surface area contributed by atoms with Gasteiger partial charge in [-0.05, 0) is 24.6 Å². The maximum Gasteiger partial charge on any atom is 0.0501 e. The number of anilines is 2. The lowest BCUT2D eigenvalue weighted by atomic mass is 10.2. The predicted octanol–water partition coefficient (Wildman–Crippen LogP) is 1.45. The summed E-state index contributed by atoms with van der Waals surface area (Å²) in [4.78, 5) is 0.672. The standard InChI is InChI=1S/C7H10N2S/c1-4-2-5(8)7(10)6(9)3-4/h2-3,10H,8-9H2,1H3. The summed E-state index contributed by atoms with van der Waals surface area (Å²) in [5.41, 5.74) is 13.5. The van der Waals surface area contributed by atoms with Gasteiger partial charge >= 0.3 is 0 Å². The lowest BCUT2D eigenvalue weighted by Crippen LogP contribution is -1.94. The van der Waals surface area contributed by atoms with Gasteiger partial charge in [-0.25, -0.2) is 0 Å². The average Bonchev–Trinajstić information content (AvgIpc) is 1.82. The smallest absolute Gasteiger partial charge is 0.0501 e. The third kappa shape index (κ3) is 1.19. The second-order valence-electron chi connectivity index (χ2n) is 2.29. The van der Waals surface area contributed by atoms with Crippen LogP contribution in [0.5, 0.6) is 0 Å². The zero-order valence-corrected chi connectivity index (χ0v) is 6.65. The van der Waals surface area contributed by atoms with E-state index in [1.807, 2.05) is 19.1 Å². The molecule has 1 rings (SSSR count). The van der Waals surface area contributed by atoms with Gasteiger partial charge in [-0.3, -0.25) is 0 Å². The molecule has 0 aliphatic carbocycles. The molecular weight excluding hydrogens is 144 g/mol. The zero-order chi connectivity index (χ0) is 7.72. The molecule has 0 aliphatic heterocycles. The molecule has 54 valence electrons. The van der Waals surface area contributed by atoms with Crippen molar-refractivity contribution in [2.75, 3.05) is 11.5 Å². The van der Waals surface area contributed by atoms with E-state index in [1.54, 1.807) is 0 Å². The summed E-state index contributed by atoms with van der Waals surface area (Å²) in [6, 6.07) is 3.69. The van der Waals surface area contributed by atoms with Crippen LogP contribution >= 0.6 is 12.6 Å². The number of rotatable bonds is 0. The molecule has 1 aromatic rings. The Hall–Kier alpha value is -0.830. The van der Waals surface area contributed by atoms with Crippen molar-refractivity contribution >= 4 is 24.0 Å². The molecule has 0 atom stereocenters. The molecule has 0 saturated heterocycles. The highest BCUT2D eigenvalue weighted by atomic mass is 32.1. The molecule has 0 unspecified atom stereocenters. The van der Waals surface area contributed by atoms with Gasteiger partial charge in [-0.2, -0.15) is 0 Å². The van der Waals surface area contributed by atoms with Crippen molar-refractivity contribution in [3.63, 3.8) is 0 Å². The highest BCUT2D eigenvalue weighted by Gasteiger charge is 1.98. The second kappa shape index (κ2) is 2.42. The van der Waals surface area contributed by atoms with Crippen LogP contribution in [0.15, 0.2) is 17.0 Å². The Morgan fingerprint density at radius 2 is 1.60 bits per heavy atom. The van der Waals surface area contributed by atoms with Gasteiger partial charge in [0.25, 0.3) is 0 Å². The molecule has 0 heterocycles. The van der Waals surface area contributed by atoms with E-state index < -0.39 is 0 Å². The minimum atomic E-state index is 0.640. The molecule has 0 bridgehead atoms. The summed E-state index contributed by atoms with van der Waals surface area (Å²) >= 11 is 4.11. The summed E-state index contributed by atoms with van der Waals surface area (Å²) in [5.74, 6) is 0. The first-order chi connectivity index (χ1) is 4.61. The Morgan fingerprint density at radius 3 is 2.00 bits per heavy atom. The molecule has 1 aromatic carbocycles. The molecule has 3 heteroatoms. The molecule has 0 aromatic heterocycles. The van der Waals surface area contributed by atoms with Crippen molar-refractivity contribution in [2.45, 2.75) is 11.8 Å². The van der Waals surface area contributed by atoms with E-state index in [0.717, 1.165) is 5.56 Å². The normalized spacial score (nSPS) is 9.80. The molecule has 10 heavy (non-hydrogen) atoms. The minimum absolute atomic E-state index is 0.640. The molecule has 0 radical (unpaired) electrons. The van der Waals surface area contributed by atoms with Gasteiger partial charge in [-0.1, -0.05) is 0 Å². The largest absolute Gasteiger partial charge is 0.398 e. The van der Waals surface area contributed by atoms with E-state index in [9.17, 15) is 0 Å². The Balaban J connectivity index is 3.31. The zero-order valence-electron chi connectivity index (χ0n) is 5.76. The van der Waals surface area contributed by atoms with Gasteiger partial charge in [0.2, 0.25) is 0 Å². The lowest BCUT2D eigenvalue weighted by molar-refractivity contribution is 1.39. The first kappa shape index (κ1) is 7.28. The van der Waals surface area contributed by atoms with Gasteiger partial charge in [0, 0.05) is 11.4 Å². The van der Waals surface area contributed by atoms with Crippen LogP contribution in [0, 0.1) is 6.92 Å². The fraction of sp³-hybridized carbons (Fsp3) is 0.143. The van der Waals surface area contributed by atoms with Gasteiger partial charge < -0.3 is 11.5 Å². The first-order valence-corrected chi connectivity index (χ1v) is 3.40. The van der Waals surface area contributed by atoms with Crippen LogP contribution in [0.4, 0.5) is 11.4 Å². The predicted molar refractivity (Wildman–Crippen MR) is 47.3 cm³/mol. The molecule has 4 N–H and O–H groups in total. The van der Waals surface area contributed by atoms with Gasteiger partial charge in [0.15, 0.2) is 0 Å². The fourth-order valence-electron chi connectivity index (χ4n) is 0.836. The quantitative estimate of drug-likeness (QED) is 0.391. The molecule has 0 saturated carbocycles. The Labute approximate surface area is 65.6 Å². The van der Waals surface area contributed by atoms with Crippen LogP contribution in [0.3, 0.4) is 0 Å². The Kier molecular flexibility index (Phi) is 1.76. The van der Waals surface area contributed by atoms with Crippen molar-refractivity contribution in [3.8, 4) is 0 Å². The number of nitrogen functional groups attached to an aromatic ring is 2. The maximum absolute atomic E-state index is 5.57. The SMILES string of the molecule is Cc1cc(N)c(S)c(N)c1. The van der Waals surface area contributed by atoms with Gasteiger partial charge in [0.1, 0.15) is 0 Å². The van der Waals surface area contributed by atoms with E-state index >= 15 is 0 Å². The highest BCUT2D eigenvalue weighted by molar-refractivity contribution is 7.80. The summed E-state index contributed by atoms with van der Waals surface area (Å²) in [7, 11) is 0. The van der Waals surface area contributed by atoms with Crippen LogP contribution in [0.1, 0.15) is 5.56 Å². The molecule has 2 nitrogen and oxygen atoms in total. The van der Waals surface area contributed by atoms with Crippen molar-refractivity contribution < 1.29 is 0 Å².